The van der Waals surface area contributed by atoms with Gasteiger partial charge in [-0.1, -0.05) is 0 Å². The van der Waals surface area contributed by atoms with Crippen LogP contribution in [0.3, 0.4) is 0 Å². The molecule has 1 saturated carbocycles. The molecule has 0 aliphatic heterocycles. The topological polar surface area (TPSA) is 115 Å². The summed E-state index contributed by atoms with van der Waals surface area (Å²) in [5, 5.41) is 8.28. The summed E-state index contributed by atoms with van der Waals surface area (Å²) in [7, 11) is -3.11. The van der Waals surface area contributed by atoms with Gasteiger partial charge < -0.3 is 10.8 Å². The Balaban J connectivity index is 0. The highest BCUT2D eigenvalue weighted by atomic mass is 35.5. The van der Waals surface area contributed by atoms with Crippen molar-refractivity contribution in [3.63, 3.8) is 0 Å². The predicted octanol–water partition coefficient (Wildman–Crippen LogP) is -0.682. The summed E-state index contributed by atoms with van der Waals surface area (Å²) in [6, 6.07) is 0. The van der Waals surface area contributed by atoms with Crippen LogP contribution in [-0.2, 0) is 15.4 Å². The molecule has 0 aromatic heterocycles. The van der Waals surface area contributed by atoms with E-state index in [2.05, 4.69) is 0 Å². The van der Waals surface area contributed by atoms with Crippen LogP contribution in [0.4, 0.5) is 4.39 Å². The maximum atomic E-state index is 12.6. The summed E-state index contributed by atoms with van der Waals surface area (Å²) in [4.78, 5) is 10.1. The zero-order chi connectivity index (χ0) is 10.9. The highest BCUT2D eigenvalue weighted by Gasteiger charge is 2.69. The van der Waals surface area contributed by atoms with Gasteiger partial charge >= 0.3 is 16.6 Å². The van der Waals surface area contributed by atoms with Crippen LogP contribution in [0.1, 0.15) is 13.3 Å². The zero-order valence-electron chi connectivity index (χ0n) is 7.06. The maximum Gasteiger partial charge on any atom is 0.425 e. The molecule has 84 valence electrons. The lowest BCUT2D eigenvalue weighted by Crippen LogP contribution is -2.39. The number of carboxylic acid groups (broad SMARTS) is 1. The van der Waals surface area contributed by atoms with E-state index in [9.17, 15) is 9.18 Å². The Morgan fingerprint density at radius 1 is 1.50 bits per heavy atom. The third-order valence-corrected chi connectivity index (χ3v) is 1.80. The van der Waals surface area contributed by atoms with Crippen molar-refractivity contribution in [2.45, 2.75) is 24.6 Å². The average Bonchev–Trinajstić information content (AvgIpc) is 2.31. The quantitative estimate of drug-likeness (QED) is 0.636. The van der Waals surface area contributed by atoms with Gasteiger partial charge in [-0.05, 0) is 6.92 Å². The Morgan fingerprint density at radius 3 is 1.71 bits per heavy atom. The minimum atomic E-state index is -3.11. The van der Waals surface area contributed by atoms with Crippen LogP contribution in [0.2, 0.25) is 0 Å². The van der Waals surface area contributed by atoms with Gasteiger partial charge in [0.2, 0.25) is 0 Å². The molecule has 0 amide bonds. The van der Waals surface area contributed by atoms with E-state index in [1.165, 1.54) is 6.92 Å². The predicted molar refractivity (Wildman–Crippen MR) is 45.6 cm³/mol. The molecule has 0 aromatic rings. The van der Waals surface area contributed by atoms with Crippen LogP contribution < -0.4 is 5.73 Å². The summed E-state index contributed by atoms with van der Waals surface area (Å²) in [5.41, 5.74) is 1.79. The van der Waals surface area contributed by atoms with E-state index < -0.39 is 27.8 Å². The van der Waals surface area contributed by atoms with Gasteiger partial charge in [-0.2, -0.15) is 0 Å². The molecule has 0 saturated heterocycles. The Morgan fingerprint density at radius 2 is 1.71 bits per heavy atom. The van der Waals surface area contributed by atoms with E-state index in [0.29, 0.717) is 0 Å². The first-order valence-corrected chi connectivity index (χ1v) is 4.11. The maximum absolute atomic E-state index is 12.6. The van der Waals surface area contributed by atoms with Crippen molar-refractivity contribution >= 4 is 29.0 Å². The van der Waals surface area contributed by atoms with E-state index in [1.54, 1.807) is 0 Å². The Labute approximate surface area is 86.8 Å². The molecule has 0 unspecified atom stereocenters. The number of rotatable bonds is 1. The molecular formula is C5H9ClFNO5S. The first kappa shape index (κ1) is 15.7. The number of hydrogen-bond donors (Lipinski definition) is 2. The molecule has 1 aliphatic carbocycles. The fourth-order valence-electron chi connectivity index (χ4n) is 0.778. The van der Waals surface area contributed by atoms with Crippen LogP contribution in [0.5, 0.6) is 0 Å². The van der Waals surface area contributed by atoms with Gasteiger partial charge in [-0.15, -0.1) is 25.0 Å². The van der Waals surface area contributed by atoms with Crippen molar-refractivity contribution in [1.29, 1.82) is 0 Å². The molecule has 0 aromatic carbocycles. The normalized spacial score (nSPS) is 33.1. The van der Waals surface area contributed by atoms with Crippen molar-refractivity contribution in [1.82, 2.24) is 0 Å². The lowest BCUT2D eigenvalue weighted by Gasteiger charge is -2.03. The molecule has 0 heterocycles. The van der Waals surface area contributed by atoms with E-state index in [-0.39, 0.29) is 18.8 Å². The first-order valence-electron chi connectivity index (χ1n) is 3.11. The van der Waals surface area contributed by atoms with E-state index >= 15 is 0 Å². The molecule has 6 nitrogen and oxygen atoms in total. The summed E-state index contributed by atoms with van der Waals surface area (Å²) in [6.45, 7) is 1.20. The van der Waals surface area contributed by atoms with Crippen molar-refractivity contribution in [3.8, 4) is 0 Å². The smallest absolute Gasteiger partial charge is 0.425 e. The van der Waals surface area contributed by atoms with Crippen LogP contribution in [0.25, 0.3) is 0 Å². The molecule has 1 rings (SSSR count). The number of carboxylic acids is 1. The summed E-state index contributed by atoms with van der Waals surface area (Å²) < 4.78 is 37.9. The monoisotopic (exact) mass is 249 g/mol. The molecule has 2 atom stereocenters. The Bertz CT molecular complexity index is 320. The van der Waals surface area contributed by atoms with Crippen molar-refractivity contribution in [2.75, 3.05) is 0 Å². The second-order valence-corrected chi connectivity index (χ2v) is 3.26. The fraction of sp³-hybridized carbons (Fsp3) is 0.800. The van der Waals surface area contributed by atoms with Crippen molar-refractivity contribution in [2.24, 2.45) is 5.73 Å². The van der Waals surface area contributed by atoms with Gasteiger partial charge in [0, 0.05) is 6.42 Å². The summed E-state index contributed by atoms with van der Waals surface area (Å²) >= 11 is 0. The molecule has 0 spiro atoms. The van der Waals surface area contributed by atoms with Gasteiger partial charge in [-0.3, -0.25) is 4.79 Å². The Hall–Kier alpha value is -0.730. The van der Waals surface area contributed by atoms with Crippen LogP contribution in [0.15, 0.2) is 0 Å². The van der Waals surface area contributed by atoms with Crippen molar-refractivity contribution in [3.05, 3.63) is 0 Å². The minimum absolute atomic E-state index is 0. The van der Waals surface area contributed by atoms with Gasteiger partial charge in [0.05, 0.1) is 0 Å². The number of alkyl halides is 1. The molecular weight excluding hydrogens is 241 g/mol. The average molecular weight is 250 g/mol. The largest absolute Gasteiger partial charge is 0.480 e. The summed E-state index contributed by atoms with van der Waals surface area (Å²) in [5.74, 6) is -1.26. The molecule has 14 heavy (non-hydrogen) atoms. The van der Waals surface area contributed by atoms with E-state index in [1.807, 2.05) is 0 Å². The highest BCUT2D eigenvalue weighted by Crippen LogP contribution is 2.48. The highest BCUT2D eigenvalue weighted by molar-refractivity contribution is 7.59. The van der Waals surface area contributed by atoms with Gasteiger partial charge in [-0.25, -0.2) is 4.39 Å². The van der Waals surface area contributed by atoms with E-state index in [4.69, 9.17) is 23.5 Å². The molecule has 3 N–H and O–H groups in total. The lowest BCUT2D eigenvalue weighted by atomic mass is 10.2. The molecule has 1 fully saturated rings. The second-order valence-electron chi connectivity index (χ2n) is 2.85. The first-order chi connectivity index (χ1) is 5.63. The molecule has 1 aliphatic rings. The second kappa shape index (κ2) is 4.67. The lowest BCUT2D eigenvalue weighted by molar-refractivity contribution is -0.140. The van der Waals surface area contributed by atoms with Crippen LogP contribution in [0, 0.1) is 0 Å². The van der Waals surface area contributed by atoms with Crippen LogP contribution >= 0.6 is 12.4 Å². The SMILES string of the molecule is C[C@]1(F)C[C@]1(N)C(=O)O.Cl.O=S(=O)=O. The standard InChI is InChI=1S/C5H8FNO2.ClH.O3S/c1-4(6)2-5(4,7)3(8)9;;1-4(2)3/h2,7H2,1H3,(H,8,9);1H;/t4-,5-;;/m0../s1. The number of aliphatic carboxylic acids is 1. The fourth-order valence-corrected chi connectivity index (χ4v) is 0.778. The molecule has 0 radical (unpaired) electrons. The number of nitrogens with two attached hydrogens (primary N) is 1. The van der Waals surface area contributed by atoms with Gasteiger partial charge in [0.1, 0.15) is 5.67 Å². The van der Waals surface area contributed by atoms with Crippen molar-refractivity contribution < 1.29 is 26.9 Å². The van der Waals surface area contributed by atoms with Gasteiger partial charge in [0.25, 0.3) is 0 Å². The molecule has 0 bridgehead atoms. The molecule has 9 heteroatoms. The number of carbonyl (C=O) groups is 1. The third kappa shape index (κ3) is 3.56. The van der Waals surface area contributed by atoms with Gasteiger partial charge in [0.15, 0.2) is 5.54 Å². The number of halogens is 2. The van der Waals surface area contributed by atoms with Crippen LogP contribution in [-0.4, -0.2) is 34.9 Å². The third-order valence-electron chi connectivity index (χ3n) is 1.80. The summed E-state index contributed by atoms with van der Waals surface area (Å²) in [6.07, 6.45) is -0.0741. The van der Waals surface area contributed by atoms with E-state index in [0.717, 1.165) is 0 Å². The number of hydrogen-bond acceptors (Lipinski definition) is 5. The minimum Gasteiger partial charge on any atom is -0.480 e. The Kier molecular flexibility index (Phi) is 5.25. The zero-order valence-corrected chi connectivity index (χ0v) is 8.69.